The number of rotatable bonds is 11. The first-order chi connectivity index (χ1) is 17.7. The molecule has 0 bridgehead atoms. The molecule has 1 aromatic rings. The number of Topliss-reactive ketones (excluding diaryl/α,β-unsaturated/α-hetero) is 1. The standard InChI is InChI=1S/C33H43FO3/c1-8-25(27-15-11-14-26-23(6)31(34)17-21(4)33(26)27)22(5)20(3)16-28(29(18-35)24-12-10-13-24)30(19-37-7)32(36)9-2/h16-18,24,29H,5,8-15,19H2,1-4,6-7H3/b20-16+,27-25-,30-28+. The molecule has 1 fully saturated rings. The fourth-order valence-corrected chi connectivity index (χ4v) is 6.01. The molecule has 1 aromatic carbocycles. The van der Waals surface area contributed by atoms with Crippen molar-refractivity contribution in [2.24, 2.45) is 11.8 Å². The van der Waals surface area contributed by atoms with Crippen LogP contribution in [-0.4, -0.2) is 25.8 Å². The summed E-state index contributed by atoms with van der Waals surface area (Å²) < 4.78 is 20.0. The first-order valence-corrected chi connectivity index (χ1v) is 13.8. The van der Waals surface area contributed by atoms with Gasteiger partial charge in [-0.05, 0) is 121 Å². The third kappa shape index (κ3) is 5.95. The number of carbonyl (C=O) groups is 2. The molecule has 0 spiro atoms. The van der Waals surface area contributed by atoms with Gasteiger partial charge in [0.15, 0.2) is 5.78 Å². The fourth-order valence-electron chi connectivity index (χ4n) is 6.01. The largest absolute Gasteiger partial charge is 0.380 e. The molecular formula is C33H43FO3. The molecule has 3 nitrogen and oxygen atoms in total. The Labute approximate surface area is 222 Å². The molecule has 0 radical (unpaired) electrons. The lowest BCUT2D eigenvalue weighted by Gasteiger charge is -2.32. The van der Waals surface area contributed by atoms with Gasteiger partial charge in [0.25, 0.3) is 0 Å². The Kier molecular flexibility index (Phi) is 10.0. The van der Waals surface area contributed by atoms with E-state index in [0.29, 0.717) is 12.0 Å². The monoisotopic (exact) mass is 506 g/mol. The number of aryl methyl sites for hydroxylation is 1. The van der Waals surface area contributed by atoms with E-state index in [0.717, 1.165) is 84.6 Å². The van der Waals surface area contributed by atoms with Crippen molar-refractivity contribution in [3.8, 4) is 0 Å². The van der Waals surface area contributed by atoms with Crippen LogP contribution in [-0.2, 0) is 20.7 Å². The molecule has 4 heteroatoms. The van der Waals surface area contributed by atoms with Gasteiger partial charge in [-0.3, -0.25) is 4.79 Å². The van der Waals surface area contributed by atoms with Gasteiger partial charge in [0.2, 0.25) is 0 Å². The third-order valence-electron chi connectivity index (χ3n) is 8.39. The van der Waals surface area contributed by atoms with Crippen LogP contribution in [0.4, 0.5) is 4.39 Å². The van der Waals surface area contributed by atoms with Gasteiger partial charge in [-0.1, -0.05) is 32.9 Å². The number of hydrogen-bond donors (Lipinski definition) is 0. The average Bonchev–Trinajstić information content (AvgIpc) is 2.86. The molecule has 1 unspecified atom stereocenters. The van der Waals surface area contributed by atoms with Crippen LogP contribution in [0.1, 0.15) is 88.0 Å². The van der Waals surface area contributed by atoms with Crippen LogP contribution >= 0.6 is 0 Å². The number of ketones is 1. The third-order valence-corrected chi connectivity index (χ3v) is 8.39. The Morgan fingerprint density at radius 3 is 2.43 bits per heavy atom. The molecule has 200 valence electrons. The molecule has 0 N–H and O–H groups in total. The maximum atomic E-state index is 14.5. The summed E-state index contributed by atoms with van der Waals surface area (Å²) >= 11 is 0. The second-order valence-corrected chi connectivity index (χ2v) is 10.6. The van der Waals surface area contributed by atoms with Crippen molar-refractivity contribution in [3.05, 3.63) is 74.7 Å². The molecular weight excluding hydrogens is 463 g/mol. The van der Waals surface area contributed by atoms with Gasteiger partial charge in [0.05, 0.1) is 6.61 Å². The zero-order valence-corrected chi connectivity index (χ0v) is 23.6. The van der Waals surface area contributed by atoms with Crippen molar-refractivity contribution < 1.29 is 18.7 Å². The van der Waals surface area contributed by atoms with Crippen molar-refractivity contribution >= 4 is 17.6 Å². The molecule has 1 saturated carbocycles. The van der Waals surface area contributed by atoms with Crippen molar-refractivity contribution in [3.63, 3.8) is 0 Å². The lowest BCUT2D eigenvalue weighted by molar-refractivity contribution is -0.115. The smallest absolute Gasteiger partial charge is 0.161 e. The number of benzene rings is 1. The normalized spacial score (nSPS) is 18.9. The molecule has 2 aliphatic rings. The van der Waals surface area contributed by atoms with E-state index in [1.165, 1.54) is 16.7 Å². The summed E-state index contributed by atoms with van der Waals surface area (Å²) in [5, 5.41) is 0. The highest BCUT2D eigenvalue weighted by Crippen LogP contribution is 2.42. The summed E-state index contributed by atoms with van der Waals surface area (Å²) in [5.74, 6) is -0.183. The van der Waals surface area contributed by atoms with Gasteiger partial charge in [0, 0.05) is 25.0 Å². The maximum absolute atomic E-state index is 14.5. The average molecular weight is 507 g/mol. The minimum Gasteiger partial charge on any atom is -0.380 e. The summed E-state index contributed by atoms with van der Waals surface area (Å²) in [6, 6.07) is 1.65. The maximum Gasteiger partial charge on any atom is 0.161 e. The quantitative estimate of drug-likeness (QED) is 0.174. The molecule has 1 atom stereocenters. The van der Waals surface area contributed by atoms with Crippen molar-refractivity contribution in [2.45, 2.75) is 86.0 Å². The number of methoxy groups -OCH3 is 1. The van der Waals surface area contributed by atoms with Crippen molar-refractivity contribution in [2.75, 3.05) is 13.7 Å². The van der Waals surface area contributed by atoms with Gasteiger partial charge in [-0.2, -0.15) is 0 Å². The number of halogens is 1. The van der Waals surface area contributed by atoms with Gasteiger partial charge in [-0.15, -0.1) is 0 Å². The molecule has 0 aliphatic heterocycles. The van der Waals surface area contributed by atoms with E-state index in [-0.39, 0.29) is 30.0 Å². The van der Waals surface area contributed by atoms with Crippen molar-refractivity contribution in [1.82, 2.24) is 0 Å². The number of ether oxygens (including phenoxy) is 1. The summed E-state index contributed by atoms with van der Waals surface area (Å²) in [6.45, 7) is 14.6. The van der Waals surface area contributed by atoms with Gasteiger partial charge >= 0.3 is 0 Å². The van der Waals surface area contributed by atoms with Crippen LogP contribution in [0.25, 0.3) is 5.57 Å². The highest BCUT2D eigenvalue weighted by molar-refractivity contribution is 5.97. The molecule has 2 aliphatic carbocycles. The second kappa shape index (κ2) is 12.8. The molecule has 0 saturated heterocycles. The minimum absolute atomic E-state index is 0.0149. The fraction of sp³-hybridized carbons (Fsp3) is 0.515. The first kappa shape index (κ1) is 29.0. The highest BCUT2D eigenvalue weighted by Gasteiger charge is 2.32. The summed E-state index contributed by atoms with van der Waals surface area (Å²) in [6.07, 6.45) is 10.1. The Morgan fingerprint density at radius 2 is 1.89 bits per heavy atom. The highest BCUT2D eigenvalue weighted by atomic mass is 19.1. The molecule has 37 heavy (non-hydrogen) atoms. The van der Waals surface area contributed by atoms with Crippen LogP contribution in [0.15, 0.2) is 46.6 Å². The van der Waals surface area contributed by atoms with E-state index >= 15 is 0 Å². The topological polar surface area (TPSA) is 43.4 Å². The SMILES string of the molecule is C=C(/C(CC)=C1/CCCc2c(C)c(F)cc(C)c21)/C(C)=C/C(=C(/COC)C(=O)CC)C(C=O)C1CCC1. The number of fused-ring (bicyclic) bond motifs is 1. The van der Waals surface area contributed by atoms with E-state index in [9.17, 15) is 14.0 Å². The molecule has 3 rings (SSSR count). The number of allylic oxidation sites excluding steroid dienone is 6. The van der Waals surface area contributed by atoms with E-state index in [1.807, 2.05) is 33.8 Å². The predicted octanol–water partition coefficient (Wildman–Crippen LogP) is 7.98. The van der Waals surface area contributed by atoms with Crippen LogP contribution in [0.2, 0.25) is 0 Å². The number of aldehydes is 1. The van der Waals surface area contributed by atoms with E-state index in [1.54, 1.807) is 13.2 Å². The Bertz CT molecular complexity index is 1160. The summed E-state index contributed by atoms with van der Waals surface area (Å²) in [5.41, 5.74) is 9.67. The van der Waals surface area contributed by atoms with E-state index < -0.39 is 0 Å². The van der Waals surface area contributed by atoms with Crippen molar-refractivity contribution in [1.29, 1.82) is 0 Å². The summed E-state index contributed by atoms with van der Waals surface area (Å²) in [7, 11) is 1.59. The second-order valence-electron chi connectivity index (χ2n) is 10.6. The van der Waals surface area contributed by atoms with E-state index in [2.05, 4.69) is 13.5 Å². The predicted molar refractivity (Wildman–Crippen MR) is 150 cm³/mol. The van der Waals surface area contributed by atoms with Crippen LogP contribution in [0.3, 0.4) is 0 Å². The first-order valence-electron chi connectivity index (χ1n) is 13.8. The van der Waals surface area contributed by atoms with Gasteiger partial charge < -0.3 is 9.53 Å². The molecule has 0 heterocycles. The summed E-state index contributed by atoms with van der Waals surface area (Å²) in [4.78, 5) is 25.3. The zero-order chi connectivity index (χ0) is 27.3. The minimum atomic E-state index is -0.321. The van der Waals surface area contributed by atoms with Gasteiger partial charge in [-0.25, -0.2) is 4.39 Å². The number of carbonyl (C=O) groups excluding carboxylic acids is 2. The van der Waals surface area contributed by atoms with Crippen LogP contribution in [0.5, 0.6) is 0 Å². The van der Waals surface area contributed by atoms with Crippen LogP contribution in [0, 0.1) is 31.5 Å². The Balaban J connectivity index is 2.17. The van der Waals surface area contributed by atoms with Gasteiger partial charge in [0.1, 0.15) is 12.1 Å². The Hall–Kier alpha value is -2.59. The Morgan fingerprint density at radius 1 is 1.19 bits per heavy atom. The lowest BCUT2D eigenvalue weighted by Crippen LogP contribution is -2.27. The van der Waals surface area contributed by atoms with Crippen LogP contribution < -0.4 is 0 Å². The lowest BCUT2D eigenvalue weighted by atomic mass is 9.71. The molecule has 0 aromatic heterocycles. The number of hydrogen-bond acceptors (Lipinski definition) is 3. The molecule has 0 amide bonds. The van der Waals surface area contributed by atoms with E-state index in [4.69, 9.17) is 4.74 Å². The zero-order valence-electron chi connectivity index (χ0n) is 23.6.